The minimum absolute atomic E-state index is 0.803. The number of benzene rings is 1. The third-order valence-corrected chi connectivity index (χ3v) is 3.27. The fourth-order valence-corrected chi connectivity index (χ4v) is 2.16. The molecule has 0 aliphatic heterocycles. The smallest absolute Gasteiger partial charge is 0.0236 e. The Balaban J connectivity index is 0.00000154. The van der Waals surface area contributed by atoms with Gasteiger partial charge in [-0.2, -0.15) is 0 Å². The molecule has 0 N–H and O–H groups in total. The van der Waals surface area contributed by atoms with Crippen LogP contribution in [0.2, 0.25) is 0 Å². The molecule has 1 aromatic rings. The molecule has 0 spiro atoms. The van der Waals surface area contributed by atoms with Crippen molar-refractivity contribution in [1.29, 1.82) is 0 Å². The summed E-state index contributed by atoms with van der Waals surface area (Å²) >= 11 is 0. The zero-order chi connectivity index (χ0) is 14.3. The van der Waals surface area contributed by atoms with E-state index in [1.807, 2.05) is 0 Å². The molecule has 0 heteroatoms. The molecule has 0 radical (unpaired) electrons. The predicted molar refractivity (Wildman–Crippen MR) is 88.5 cm³/mol. The van der Waals surface area contributed by atoms with Gasteiger partial charge in [-0.15, -0.1) is 13.2 Å². The van der Waals surface area contributed by atoms with Gasteiger partial charge in [-0.3, -0.25) is 0 Å². The molecule has 0 heterocycles. The minimum atomic E-state index is 0.803. The van der Waals surface area contributed by atoms with Crippen LogP contribution < -0.4 is 0 Å². The normalized spacial score (nSPS) is 11.9. The van der Waals surface area contributed by atoms with Crippen LogP contribution in [0.5, 0.6) is 0 Å². The van der Waals surface area contributed by atoms with Gasteiger partial charge in [0.05, 0.1) is 0 Å². The molecule has 19 heavy (non-hydrogen) atoms. The van der Waals surface area contributed by atoms with Gasteiger partial charge in [0, 0.05) is 0 Å². The summed E-state index contributed by atoms with van der Waals surface area (Å²) < 4.78 is 0. The standard InChI is InChI=1S/C17H26.C2H4/c1-3-11-16(4-2)12-7-5-8-13-17-14-9-6-10-15-17;1-2/h6-7,9-10,12,14-16H,3-5,8,11,13H2,1-2H3;1-2H2/b12-7+;/t16-;/m0./s1. The Kier molecular flexibility index (Phi) is 12.2. The molecule has 0 aliphatic rings. The summed E-state index contributed by atoms with van der Waals surface area (Å²) in [6.07, 6.45) is 12.4. The molecule has 0 unspecified atom stereocenters. The summed E-state index contributed by atoms with van der Waals surface area (Å²) in [5.74, 6) is 0.803. The number of rotatable bonds is 8. The van der Waals surface area contributed by atoms with Gasteiger partial charge in [0.25, 0.3) is 0 Å². The Bertz CT molecular complexity index is 310. The van der Waals surface area contributed by atoms with Crippen molar-refractivity contribution in [3.8, 4) is 0 Å². The van der Waals surface area contributed by atoms with Gasteiger partial charge in [-0.1, -0.05) is 62.8 Å². The largest absolute Gasteiger partial charge is 0.106 e. The lowest BCUT2D eigenvalue weighted by atomic mass is 9.99. The molecular formula is C19H30. The lowest BCUT2D eigenvalue weighted by Crippen LogP contribution is -1.92. The summed E-state index contributed by atoms with van der Waals surface area (Å²) in [5.41, 5.74) is 1.46. The molecule has 0 bridgehead atoms. The summed E-state index contributed by atoms with van der Waals surface area (Å²) in [7, 11) is 0. The van der Waals surface area contributed by atoms with E-state index in [0.717, 1.165) is 5.92 Å². The zero-order valence-corrected chi connectivity index (χ0v) is 12.8. The quantitative estimate of drug-likeness (QED) is 0.385. The van der Waals surface area contributed by atoms with Crippen molar-refractivity contribution >= 4 is 0 Å². The van der Waals surface area contributed by atoms with Crippen LogP contribution in [0.3, 0.4) is 0 Å². The van der Waals surface area contributed by atoms with Crippen LogP contribution >= 0.6 is 0 Å². The van der Waals surface area contributed by atoms with E-state index in [4.69, 9.17) is 0 Å². The van der Waals surface area contributed by atoms with E-state index in [2.05, 4.69) is 69.5 Å². The van der Waals surface area contributed by atoms with Gasteiger partial charge in [-0.25, -0.2) is 0 Å². The van der Waals surface area contributed by atoms with Crippen molar-refractivity contribution in [2.24, 2.45) is 5.92 Å². The van der Waals surface area contributed by atoms with E-state index < -0.39 is 0 Å². The second kappa shape index (κ2) is 13.1. The molecule has 0 amide bonds. The van der Waals surface area contributed by atoms with Crippen LogP contribution in [0, 0.1) is 5.92 Å². The first-order valence-corrected chi connectivity index (χ1v) is 7.57. The molecule has 0 saturated heterocycles. The van der Waals surface area contributed by atoms with Crippen molar-refractivity contribution in [2.45, 2.75) is 52.4 Å². The van der Waals surface area contributed by atoms with E-state index >= 15 is 0 Å². The fraction of sp³-hybridized carbons (Fsp3) is 0.474. The predicted octanol–water partition coefficient (Wildman–Crippen LogP) is 6.19. The van der Waals surface area contributed by atoms with E-state index in [9.17, 15) is 0 Å². The maximum Gasteiger partial charge on any atom is -0.0236 e. The number of hydrogen-bond donors (Lipinski definition) is 0. The number of unbranched alkanes of at least 4 members (excludes halogenated alkanes) is 1. The van der Waals surface area contributed by atoms with Crippen molar-refractivity contribution in [3.63, 3.8) is 0 Å². The number of allylic oxidation sites excluding steroid dienone is 2. The van der Waals surface area contributed by atoms with Crippen molar-refractivity contribution < 1.29 is 0 Å². The Labute approximate surface area is 120 Å². The molecule has 0 saturated carbocycles. The minimum Gasteiger partial charge on any atom is -0.106 e. The van der Waals surface area contributed by atoms with E-state index in [-0.39, 0.29) is 0 Å². The fourth-order valence-electron chi connectivity index (χ4n) is 2.16. The molecule has 1 atom stereocenters. The number of hydrogen-bond acceptors (Lipinski definition) is 0. The topological polar surface area (TPSA) is 0 Å². The molecule has 106 valence electrons. The van der Waals surface area contributed by atoms with Gasteiger partial charge in [0.15, 0.2) is 0 Å². The maximum atomic E-state index is 3.00. The monoisotopic (exact) mass is 258 g/mol. The van der Waals surface area contributed by atoms with E-state index in [1.54, 1.807) is 0 Å². The van der Waals surface area contributed by atoms with Crippen molar-refractivity contribution in [1.82, 2.24) is 0 Å². The van der Waals surface area contributed by atoms with Crippen LogP contribution in [-0.4, -0.2) is 0 Å². The molecule has 1 rings (SSSR count). The van der Waals surface area contributed by atoms with Crippen LogP contribution in [-0.2, 0) is 6.42 Å². The third kappa shape index (κ3) is 9.30. The van der Waals surface area contributed by atoms with Crippen LogP contribution in [0.1, 0.15) is 51.5 Å². The number of aryl methyl sites for hydroxylation is 1. The Morgan fingerprint density at radius 2 is 1.79 bits per heavy atom. The average molecular weight is 258 g/mol. The molecule has 1 aromatic carbocycles. The van der Waals surface area contributed by atoms with Gasteiger partial charge < -0.3 is 0 Å². The lowest BCUT2D eigenvalue weighted by Gasteiger charge is -2.07. The highest BCUT2D eigenvalue weighted by Crippen LogP contribution is 2.13. The lowest BCUT2D eigenvalue weighted by molar-refractivity contribution is 0.561. The molecular weight excluding hydrogens is 228 g/mol. The van der Waals surface area contributed by atoms with Gasteiger partial charge in [0.2, 0.25) is 0 Å². The SMILES string of the molecule is C=C.CCC[C@@H](/C=C/CCCc1ccccc1)CC. The van der Waals surface area contributed by atoms with Gasteiger partial charge in [-0.05, 0) is 43.6 Å². The van der Waals surface area contributed by atoms with E-state index in [1.165, 1.54) is 44.1 Å². The third-order valence-electron chi connectivity index (χ3n) is 3.27. The highest BCUT2D eigenvalue weighted by atomic mass is 14.0. The summed E-state index contributed by atoms with van der Waals surface area (Å²) in [5, 5.41) is 0. The zero-order valence-electron chi connectivity index (χ0n) is 12.8. The van der Waals surface area contributed by atoms with Crippen LogP contribution in [0.25, 0.3) is 0 Å². The van der Waals surface area contributed by atoms with Crippen LogP contribution in [0.15, 0.2) is 55.6 Å². The maximum absolute atomic E-state index is 3.00. The first kappa shape index (κ1) is 17.7. The van der Waals surface area contributed by atoms with Gasteiger partial charge in [0.1, 0.15) is 0 Å². The highest BCUT2D eigenvalue weighted by molar-refractivity contribution is 5.14. The molecule has 0 aliphatic carbocycles. The second-order valence-corrected chi connectivity index (χ2v) is 4.76. The Hall–Kier alpha value is -1.30. The van der Waals surface area contributed by atoms with Crippen molar-refractivity contribution in [2.75, 3.05) is 0 Å². The molecule has 0 aromatic heterocycles. The summed E-state index contributed by atoms with van der Waals surface area (Å²) in [6.45, 7) is 10.6. The molecule has 0 nitrogen and oxygen atoms in total. The first-order valence-electron chi connectivity index (χ1n) is 7.57. The molecule has 0 fully saturated rings. The van der Waals surface area contributed by atoms with Crippen LogP contribution in [0.4, 0.5) is 0 Å². The average Bonchev–Trinajstić information content (AvgIpc) is 2.49. The van der Waals surface area contributed by atoms with Crippen molar-refractivity contribution in [3.05, 3.63) is 61.2 Å². The Morgan fingerprint density at radius 3 is 2.37 bits per heavy atom. The first-order chi connectivity index (χ1) is 9.36. The van der Waals surface area contributed by atoms with Gasteiger partial charge >= 0.3 is 0 Å². The highest BCUT2D eigenvalue weighted by Gasteiger charge is 1.98. The summed E-state index contributed by atoms with van der Waals surface area (Å²) in [4.78, 5) is 0. The van der Waals surface area contributed by atoms with E-state index in [0.29, 0.717) is 0 Å². The Morgan fingerprint density at radius 1 is 1.11 bits per heavy atom. The second-order valence-electron chi connectivity index (χ2n) is 4.76. The summed E-state index contributed by atoms with van der Waals surface area (Å²) in [6, 6.07) is 10.8.